The van der Waals surface area contributed by atoms with Gasteiger partial charge in [0.1, 0.15) is 5.54 Å². The fraction of sp³-hybridized carbons (Fsp3) is 0.640. The number of rotatable bonds is 6. The molecule has 4 amide bonds. The van der Waals surface area contributed by atoms with Crippen LogP contribution in [0.5, 0.6) is 0 Å². The molecule has 1 aromatic carbocycles. The summed E-state index contributed by atoms with van der Waals surface area (Å²) in [5, 5.41) is 8.40. The molecule has 4 aliphatic rings. The second-order valence-corrected chi connectivity index (χ2v) is 10.4. The summed E-state index contributed by atoms with van der Waals surface area (Å²) in [6, 6.07) is 9.56. The zero-order valence-corrected chi connectivity index (χ0v) is 19.2. The highest BCUT2D eigenvalue weighted by atomic mass is 19.3. The van der Waals surface area contributed by atoms with Crippen LogP contribution in [0.2, 0.25) is 0 Å². The van der Waals surface area contributed by atoms with Crippen LogP contribution in [0.15, 0.2) is 30.3 Å². The number of carbonyl (C=O) groups is 3. The molecule has 1 spiro atoms. The van der Waals surface area contributed by atoms with Crippen LogP contribution >= 0.6 is 0 Å². The normalized spacial score (nSPS) is 31.8. The van der Waals surface area contributed by atoms with Crippen LogP contribution in [0.1, 0.15) is 69.4 Å². The van der Waals surface area contributed by atoms with Gasteiger partial charge in [-0.15, -0.1) is 0 Å². The Bertz CT molecular complexity index is 933. The van der Waals surface area contributed by atoms with Crippen molar-refractivity contribution in [1.29, 1.82) is 0 Å². The first-order valence-corrected chi connectivity index (χ1v) is 12.4. The van der Waals surface area contributed by atoms with Gasteiger partial charge in [-0.05, 0) is 50.5 Å². The predicted molar refractivity (Wildman–Crippen MR) is 121 cm³/mol. The van der Waals surface area contributed by atoms with Gasteiger partial charge >= 0.3 is 6.03 Å². The van der Waals surface area contributed by atoms with Crippen molar-refractivity contribution in [3.63, 3.8) is 0 Å². The lowest BCUT2D eigenvalue weighted by Gasteiger charge is -2.43. The summed E-state index contributed by atoms with van der Waals surface area (Å²) in [5.41, 5.74) is 0.204. The van der Waals surface area contributed by atoms with Gasteiger partial charge in [-0.25, -0.2) is 13.6 Å². The van der Waals surface area contributed by atoms with E-state index in [0.29, 0.717) is 19.3 Å². The summed E-state index contributed by atoms with van der Waals surface area (Å²) in [6.45, 7) is 0.754. The smallest absolute Gasteiger partial charge is 0.322 e. The first-order chi connectivity index (χ1) is 16.2. The molecule has 3 atom stereocenters. The SMILES string of the molecule is O=C1NC(=O)C2(CC3CCC(C2)N3CCC(NC(=O)C2CCC(F)(F)CC2)c2ccccc2)N1. The molecule has 9 heteroatoms. The molecule has 3 saturated heterocycles. The van der Waals surface area contributed by atoms with Crippen LogP contribution in [-0.2, 0) is 9.59 Å². The number of piperidine rings is 1. The van der Waals surface area contributed by atoms with Crippen LogP contribution < -0.4 is 16.0 Å². The number of benzene rings is 1. The number of carbonyl (C=O) groups excluding carboxylic acids is 3. The maximum absolute atomic E-state index is 13.5. The van der Waals surface area contributed by atoms with Crippen LogP contribution in [0, 0.1) is 5.92 Å². The summed E-state index contributed by atoms with van der Waals surface area (Å²) in [7, 11) is 0. The fourth-order valence-electron chi connectivity index (χ4n) is 6.40. The Morgan fingerprint density at radius 1 is 1.06 bits per heavy atom. The summed E-state index contributed by atoms with van der Waals surface area (Å²) in [6.07, 6.45) is 3.81. The van der Waals surface area contributed by atoms with Gasteiger partial charge in [0.15, 0.2) is 0 Å². The number of imide groups is 1. The van der Waals surface area contributed by atoms with E-state index >= 15 is 0 Å². The largest absolute Gasteiger partial charge is 0.349 e. The van der Waals surface area contributed by atoms with Crippen molar-refractivity contribution in [3.8, 4) is 0 Å². The Balaban J connectivity index is 1.24. The summed E-state index contributed by atoms with van der Waals surface area (Å²) >= 11 is 0. The van der Waals surface area contributed by atoms with E-state index in [9.17, 15) is 23.2 Å². The lowest BCUT2D eigenvalue weighted by molar-refractivity contribution is -0.130. The lowest BCUT2D eigenvalue weighted by Crippen LogP contribution is -2.59. The Hall–Kier alpha value is -2.55. The molecule has 34 heavy (non-hydrogen) atoms. The lowest BCUT2D eigenvalue weighted by atomic mass is 9.82. The molecular weight excluding hydrogens is 442 g/mol. The third kappa shape index (κ3) is 4.54. The van der Waals surface area contributed by atoms with Crippen molar-refractivity contribution in [1.82, 2.24) is 20.9 Å². The minimum Gasteiger partial charge on any atom is -0.349 e. The van der Waals surface area contributed by atoms with E-state index in [4.69, 9.17) is 0 Å². The summed E-state index contributed by atoms with van der Waals surface area (Å²) < 4.78 is 27.1. The minimum atomic E-state index is -2.66. The Labute approximate surface area is 198 Å². The van der Waals surface area contributed by atoms with E-state index in [0.717, 1.165) is 24.9 Å². The zero-order chi connectivity index (χ0) is 23.9. The monoisotopic (exact) mass is 474 g/mol. The molecule has 2 bridgehead atoms. The Morgan fingerprint density at radius 3 is 2.29 bits per heavy atom. The number of alkyl halides is 2. The van der Waals surface area contributed by atoms with Crippen LogP contribution in [0.25, 0.3) is 0 Å². The van der Waals surface area contributed by atoms with Crippen molar-refractivity contribution in [2.45, 2.75) is 87.4 Å². The van der Waals surface area contributed by atoms with Crippen LogP contribution in [0.3, 0.4) is 0 Å². The number of nitrogens with one attached hydrogen (secondary N) is 3. The molecule has 7 nitrogen and oxygen atoms in total. The van der Waals surface area contributed by atoms with Crippen molar-refractivity contribution in [2.24, 2.45) is 5.92 Å². The van der Waals surface area contributed by atoms with Crippen LogP contribution in [0.4, 0.5) is 13.6 Å². The average Bonchev–Trinajstić information content (AvgIpc) is 3.21. The van der Waals surface area contributed by atoms with Gasteiger partial charge in [-0.3, -0.25) is 19.8 Å². The first-order valence-electron chi connectivity index (χ1n) is 12.4. The van der Waals surface area contributed by atoms with E-state index in [1.807, 2.05) is 30.3 Å². The molecule has 0 aromatic heterocycles. The Kier molecular flexibility index (Phi) is 6.08. The van der Waals surface area contributed by atoms with E-state index in [1.54, 1.807) is 0 Å². The highest BCUT2D eigenvalue weighted by Gasteiger charge is 2.55. The number of hydrogen-bond donors (Lipinski definition) is 3. The standard InChI is InChI=1S/C25H32F2N4O3/c26-25(27)11-8-17(9-12-25)21(32)28-20(16-4-2-1-3-5-16)10-13-31-18-6-7-19(31)15-24(14-18)22(33)29-23(34)30-24/h1-5,17-20H,6-15H2,(H,28,32)(H2,29,30,33,34). The second-order valence-electron chi connectivity index (χ2n) is 10.4. The molecule has 3 N–H and O–H groups in total. The molecule has 4 fully saturated rings. The predicted octanol–water partition coefficient (Wildman–Crippen LogP) is 3.26. The number of fused-ring (bicyclic) bond motifs is 2. The van der Waals surface area contributed by atoms with E-state index in [-0.39, 0.29) is 61.5 Å². The molecular formula is C25H32F2N4O3. The van der Waals surface area contributed by atoms with E-state index in [1.165, 1.54) is 0 Å². The average molecular weight is 475 g/mol. The highest BCUT2D eigenvalue weighted by molar-refractivity contribution is 6.07. The molecule has 184 valence electrons. The van der Waals surface area contributed by atoms with Crippen molar-refractivity contribution < 1.29 is 23.2 Å². The first kappa shape index (κ1) is 23.2. The van der Waals surface area contributed by atoms with Gasteiger partial charge in [0.2, 0.25) is 11.8 Å². The second kappa shape index (κ2) is 8.91. The minimum absolute atomic E-state index is 0.143. The maximum atomic E-state index is 13.5. The van der Waals surface area contributed by atoms with E-state index in [2.05, 4.69) is 20.9 Å². The molecule has 1 saturated carbocycles. The molecule has 1 aromatic rings. The number of nitrogens with zero attached hydrogens (tertiary/aromatic N) is 1. The van der Waals surface area contributed by atoms with Gasteiger partial charge in [-0.2, -0.15) is 0 Å². The van der Waals surface area contributed by atoms with Crippen LogP contribution in [-0.4, -0.2) is 52.8 Å². The van der Waals surface area contributed by atoms with Gasteiger partial charge in [0, 0.05) is 37.4 Å². The van der Waals surface area contributed by atoms with Gasteiger partial charge < -0.3 is 10.6 Å². The molecule has 1 aliphatic carbocycles. The topological polar surface area (TPSA) is 90.5 Å². The summed E-state index contributed by atoms with van der Waals surface area (Å²) in [4.78, 5) is 39.6. The van der Waals surface area contributed by atoms with Crippen molar-refractivity contribution in [3.05, 3.63) is 35.9 Å². The van der Waals surface area contributed by atoms with Crippen molar-refractivity contribution in [2.75, 3.05) is 6.54 Å². The number of urea groups is 1. The fourth-order valence-corrected chi connectivity index (χ4v) is 6.40. The molecule has 0 radical (unpaired) electrons. The van der Waals surface area contributed by atoms with Gasteiger partial charge in [0.05, 0.1) is 6.04 Å². The third-order valence-corrected chi connectivity index (χ3v) is 8.24. The third-order valence-electron chi connectivity index (χ3n) is 8.24. The highest BCUT2D eigenvalue weighted by Crippen LogP contribution is 2.42. The number of halogens is 2. The Morgan fingerprint density at radius 2 is 1.71 bits per heavy atom. The number of hydrogen-bond acceptors (Lipinski definition) is 4. The zero-order valence-electron chi connectivity index (χ0n) is 19.2. The van der Waals surface area contributed by atoms with Gasteiger partial charge in [0.25, 0.3) is 5.91 Å². The van der Waals surface area contributed by atoms with Gasteiger partial charge in [-0.1, -0.05) is 30.3 Å². The molecule has 3 unspecified atom stereocenters. The molecule has 5 rings (SSSR count). The molecule has 3 aliphatic heterocycles. The maximum Gasteiger partial charge on any atom is 0.322 e. The quantitative estimate of drug-likeness (QED) is 0.552. The van der Waals surface area contributed by atoms with Crippen molar-refractivity contribution >= 4 is 17.8 Å². The summed E-state index contributed by atoms with van der Waals surface area (Å²) in [5.74, 6) is -3.39. The molecule has 3 heterocycles. The van der Waals surface area contributed by atoms with E-state index < -0.39 is 17.5 Å². The number of amides is 4.